The third-order valence-corrected chi connectivity index (χ3v) is 16.8. The number of rotatable bonds is 18. The first-order chi connectivity index (χ1) is 34.0. The molecule has 0 unspecified atom stereocenters. The van der Waals surface area contributed by atoms with Crippen molar-refractivity contribution in [3.63, 3.8) is 0 Å². The lowest BCUT2D eigenvalue weighted by molar-refractivity contribution is -0.155. The van der Waals surface area contributed by atoms with Gasteiger partial charge >= 0.3 is 0 Å². The molecule has 17 heteroatoms. The second kappa shape index (κ2) is 21.3. The van der Waals surface area contributed by atoms with Gasteiger partial charge in [0.25, 0.3) is 5.91 Å². The number of hydrogen-bond donors (Lipinski definition) is 1. The molecule has 1 amide bonds. The number of carbonyl (C=O) groups is 1. The van der Waals surface area contributed by atoms with Crippen LogP contribution in [0.5, 0.6) is 40.2 Å². The minimum atomic E-state index is -4.01. The topological polar surface area (TPSA) is 164 Å². The Kier molecular flexibility index (Phi) is 15.0. The van der Waals surface area contributed by atoms with Gasteiger partial charge in [0.2, 0.25) is 23.1 Å². The number of fused-ring (bicyclic) bond motifs is 5. The van der Waals surface area contributed by atoms with Crippen molar-refractivity contribution >= 4 is 15.9 Å². The van der Waals surface area contributed by atoms with Gasteiger partial charge in [-0.3, -0.25) is 9.69 Å². The van der Waals surface area contributed by atoms with E-state index in [2.05, 4.69) is 24.0 Å². The second-order valence-corrected chi connectivity index (χ2v) is 20.4. The molecule has 0 aliphatic carbocycles. The first-order valence-electron chi connectivity index (χ1n) is 24.2. The molecular weight excluding hydrogens is 919 g/mol. The van der Waals surface area contributed by atoms with E-state index < -0.39 is 22.9 Å². The summed E-state index contributed by atoms with van der Waals surface area (Å²) >= 11 is 0. The molecule has 0 bridgehead atoms. The molecule has 0 radical (unpaired) electrons. The molecule has 0 saturated carbocycles. The van der Waals surface area contributed by atoms with E-state index in [1.165, 1.54) is 34.7 Å². The van der Waals surface area contributed by atoms with Crippen molar-refractivity contribution in [3.05, 3.63) is 106 Å². The van der Waals surface area contributed by atoms with Gasteiger partial charge in [0.1, 0.15) is 5.75 Å². The van der Waals surface area contributed by atoms with E-state index in [1.807, 2.05) is 41.3 Å². The summed E-state index contributed by atoms with van der Waals surface area (Å²) in [6.07, 6.45) is 5.43. The molecule has 6 atom stereocenters. The Hall–Kier alpha value is -5.72. The smallest absolute Gasteiger partial charge is 0.289 e. The van der Waals surface area contributed by atoms with Crippen molar-refractivity contribution in [2.45, 2.75) is 74.6 Å². The van der Waals surface area contributed by atoms with Gasteiger partial charge in [0, 0.05) is 51.1 Å². The number of aliphatic hydroxyl groups is 1. The molecule has 1 saturated heterocycles. The maximum Gasteiger partial charge on any atom is 0.289 e. The van der Waals surface area contributed by atoms with Crippen LogP contribution in [0.1, 0.15) is 78.4 Å². The van der Waals surface area contributed by atoms with Crippen LogP contribution in [-0.2, 0) is 37.1 Å². The summed E-state index contributed by atoms with van der Waals surface area (Å²) in [5.41, 5.74) is 5.55. The summed E-state index contributed by atoms with van der Waals surface area (Å²) in [4.78, 5) is 20.1. The summed E-state index contributed by atoms with van der Waals surface area (Å²) in [6, 6.07) is 20.0. The Morgan fingerprint density at radius 2 is 1.44 bits per heavy atom. The Bertz CT molecular complexity index is 2660. The monoisotopic (exact) mass is 983 g/mol. The quantitative estimate of drug-likeness (QED) is 0.108. The molecule has 0 aromatic heterocycles. The van der Waals surface area contributed by atoms with Gasteiger partial charge in [-0.25, -0.2) is 8.42 Å². The summed E-state index contributed by atoms with van der Waals surface area (Å²) in [5, 5.41) is 9.94. The van der Waals surface area contributed by atoms with E-state index in [0.29, 0.717) is 60.5 Å². The fraction of sp³-hybridized carbons (Fsp3) is 0.491. The number of hydrogen-bond acceptors (Lipinski definition) is 14. The van der Waals surface area contributed by atoms with E-state index in [9.17, 15) is 13.5 Å². The molecule has 5 aliphatic heterocycles. The van der Waals surface area contributed by atoms with Crippen molar-refractivity contribution in [2.75, 3.05) is 88.3 Å². The number of amides is 1. The van der Waals surface area contributed by atoms with E-state index >= 15 is 4.79 Å². The lowest BCUT2D eigenvalue weighted by Gasteiger charge is -2.49. The molecule has 5 aliphatic rings. The number of nitrogens with zero attached hydrogens (tertiary/aromatic N) is 3. The van der Waals surface area contributed by atoms with E-state index in [4.69, 9.17) is 42.6 Å². The molecule has 4 aromatic rings. The lowest BCUT2D eigenvalue weighted by Crippen LogP contribution is -2.48. The molecule has 376 valence electrons. The van der Waals surface area contributed by atoms with Crippen LogP contribution in [0.3, 0.4) is 0 Å². The molecule has 70 heavy (non-hydrogen) atoms. The van der Waals surface area contributed by atoms with Crippen molar-refractivity contribution in [1.29, 1.82) is 0 Å². The summed E-state index contributed by atoms with van der Waals surface area (Å²) in [6.45, 7) is 4.04. The van der Waals surface area contributed by atoms with Crippen LogP contribution in [0.15, 0.2) is 83.5 Å². The summed E-state index contributed by atoms with van der Waals surface area (Å²) in [7, 11) is 4.13. The number of piperidine rings is 1. The Morgan fingerprint density at radius 1 is 0.771 bits per heavy atom. The molecule has 0 spiro atoms. The average molecular weight is 984 g/mol. The van der Waals surface area contributed by atoms with Crippen LogP contribution in [0.2, 0.25) is 0 Å². The highest BCUT2D eigenvalue weighted by molar-refractivity contribution is 7.89. The van der Waals surface area contributed by atoms with Crippen LogP contribution in [0.4, 0.5) is 0 Å². The molecule has 5 heterocycles. The Labute approximate surface area is 410 Å². The molecule has 1 fully saturated rings. The highest BCUT2D eigenvalue weighted by Gasteiger charge is 2.44. The number of ether oxygens (including phenoxy) is 9. The average Bonchev–Trinajstić information content (AvgIpc) is 3.87. The SMILES string of the molecule is CC[C@H]1CN2CCc3cc(OC)c(OC)cc3[C@@H]2C[C@@H]1C[C@@H]1c2cc(OC)c(OC)cc2CCN1C(=O)C1=C[C@H](c2ccc3c(c2)OCO3)C[C@H](OCCN(CCO)S(=O)(=O)c2ccc(OC)cc2)O1. The fourth-order valence-electron chi connectivity index (χ4n) is 11.1. The van der Waals surface area contributed by atoms with Crippen molar-refractivity contribution in [2.24, 2.45) is 11.8 Å². The number of benzene rings is 4. The zero-order valence-corrected chi connectivity index (χ0v) is 41.7. The van der Waals surface area contributed by atoms with Gasteiger partial charge in [-0.2, -0.15) is 4.31 Å². The highest BCUT2D eigenvalue weighted by atomic mass is 32.2. The number of allylic oxidation sites excluding steroid dienone is 1. The van der Waals surface area contributed by atoms with Crippen molar-refractivity contribution < 1.29 is 61.0 Å². The lowest BCUT2D eigenvalue weighted by atomic mass is 9.72. The van der Waals surface area contributed by atoms with Crippen molar-refractivity contribution in [3.8, 4) is 40.2 Å². The van der Waals surface area contributed by atoms with Crippen LogP contribution < -0.4 is 33.2 Å². The van der Waals surface area contributed by atoms with Gasteiger partial charge in [-0.1, -0.05) is 19.4 Å². The second-order valence-electron chi connectivity index (χ2n) is 18.4. The van der Waals surface area contributed by atoms with Crippen LogP contribution in [0.25, 0.3) is 0 Å². The van der Waals surface area contributed by atoms with Gasteiger partial charge < -0.3 is 52.6 Å². The maximum atomic E-state index is 15.5. The highest BCUT2D eigenvalue weighted by Crippen LogP contribution is 2.50. The van der Waals surface area contributed by atoms with Crippen LogP contribution >= 0.6 is 0 Å². The molecule has 9 rings (SSSR count). The van der Waals surface area contributed by atoms with Crippen LogP contribution in [-0.4, -0.2) is 128 Å². The normalized spacial score (nSPS) is 22.8. The standard InChI is InChI=1S/C53H65N3O13S/c1-7-33-31-54-16-14-35-25-46(62-3)48(64-5)29-41(35)43(54)22-37(33)23-44-42-30-49(65-6)47(63-4)26-36(42)15-17-56(44)53(58)51-27-38(34-8-13-45-50(24-34)68-32-67-45)28-52(69-51)66-21-19-55(18-20-57)70(59,60)40-11-9-39(61-2)10-12-40/h8-13,24-27,29-30,33,37-38,43-44,52,57H,7,14-23,28,31-32H2,1-6H3/t33-,37+,38-,43-,44+,52+/m0/s1. The molecule has 4 aromatic carbocycles. The van der Waals surface area contributed by atoms with E-state index in [0.717, 1.165) is 60.5 Å². The molecule has 16 nitrogen and oxygen atoms in total. The predicted molar refractivity (Wildman–Crippen MR) is 259 cm³/mol. The Morgan fingerprint density at radius 3 is 2.13 bits per heavy atom. The maximum absolute atomic E-state index is 15.5. The van der Waals surface area contributed by atoms with Gasteiger partial charge in [-0.05, 0) is 132 Å². The van der Waals surface area contributed by atoms with Crippen LogP contribution in [0, 0.1) is 11.8 Å². The largest absolute Gasteiger partial charge is 0.497 e. The summed E-state index contributed by atoms with van der Waals surface area (Å²) in [5.74, 6) is 4.65. The summed E-state index contributed by atoms with van der Waals surface area (Å²) < 4.78 is 81.5. The first-order valence-corrected chi connectivity index (χ1v) is 25.6. The minimum Gasteiger partial charge on any atom is -0.497 e. The predicted octanol–water partition coefficient (Wildman–Crippen LogP) is 7.03. The van der Waals surface area contributed by atoms with Gasteiger partial charge in [0.05, 0.1) is 59.7 Å². The zero-order valence-electron chi connectivity index (χ0n) is 40.9. The first kappa shape index (κ1) is 49.3. The van der Waals surface area contributed by atoms with Gasteiger partial charge in [-0.15, -0.1) is 0 Å². The molecular formula is C53H65N3O13S. The number of carbonyl (C=O) groups excluding carboxylic acids is 1. The minimum absolute atomic E-state index is 0.0587. The third-order valence-electron chi connectivity index (χ3n) is 14.9. The fourth-order valence-corrected chi connectivity index (χ4v) is 12.6. The molecule has 1 N–H and O–H groups in total. The third kappa shape index (κ3) is 9.83. The van der Waals surface area contributed by atoms with Gasteiger partial charge in [0.15, 0.2) is 40.3 Å². The van der Waals surface area contributed by atoms with E-state index in [-0.39, 0.29) is 67.0 Å². The zero-order chi connectivity index (χ0) is 49.1. The number of methoxy groups -OCH3 is 5. The Balaban J connectivity index is 1.02. The van der Waals surface area contributed by atoms with E-state index in [1.54, 1.807) is 40.6 Å². The number of aliphatic hydroxyl groups excluding tert-OH is 1. The van der Waals surface area contributed by atoms with Crippen molar-refractivity contribution in [1.82, 2.24) is 14.1 Å². The number of sulfonamides is 1.